The highest BCUT2D eigenvalue weighted by Crippen LogP contribution is 2.16. The fraction of sp³-hybridized carbons (Fsp3) is 0.615. The number of hydrogen-bond acceptors (Lipinski definition) is 3. The molecule has 1 N–H and O–H groups in total. The van der Waals surface area contributed by atoms with E-state index in [9.17, 15) is 9.59 Å². The van der Waals surface area contributed by atoms with Crippen molar-refractivity contribution in [2.45, 2.75) is 40.2 Å². The van der Waals surface area contributed by atoms with Gasteiger partial charge in [0.1, 0.15) is 0 Å². The number of carboxylic acids is 1. The van der Waals surface area contributed by atoms with Crippen molar-refractivity contribution < 1.29 is 14.7 Å². The van der Waals surface area contributed by atoms with Crippen LogP contribution in [-0.4, -0.2) is 44.3 Å². The molecule has 19 heavy (non-hydrogen) atoms. The quantitative estimate of drug-likeness (QED) is 0.874. The van der Waals surface area contributed by atoms with Crippen molar-refractivity contribution in [3.8, 4) is 0 Å². The van der Waals surface area contributed by atoms with E-state index in [-0.39, 0.29) is 24.9 Å². The van der Waals surface area contributed by atoms with Gasteiger partial charge in [-0.25, -0.2) is 0 Å². The van der Waals surface area contributed by atoms with Crippen molar-refractivity contribution >= 4 is 11.9 Å². The van der Waals surface area contributed by atoms with Gasteiger partial charge in [0, 0.05) is 25.3 Å². The molecular formula is C13H21N3O3. The van der Waals surface area contributed by atoms with Gasteiger partial charge in [-0.05, 0) is 27.7 Å². The molecule has 0 saturated carbocycles. The van der Waals surface area contributed by atoms with E-state index in [4.69, 9.17) is 5.11 Å². The first-order valence-corrected chi connectivity index (χ1v) is 6.28. The van der Waals surface area contributed by atoms with E-state index in [1.54, 1.807) is 23.6 Å². The molecule has 0 radical (unpaired) electrons. The Morgan fingerprint density at radius 3 is 2.32 bits per heavy atom. The van der Waals surface area contributed by atoms with Crippen LogP contribution in [0.1, 0.15) is 42.0 Å². The molecule has 106 valence electrons. The summed E-state index contributed by atoms with van der Waals surface area (Å²) in [5, 5.41) is 13.0. The van der Waals surface area contributed by atoms with Gasteiger partial charge in [-0.3, -0.25) is 14.3 Å². The van der Waals surface area contributed by atoms with Crippen molar-refractivity contribution in [1.29, 1.82) is 0 Å². The average molecular weight is 267 g/mol. The van der Waals surface area contributed by atoms with Gasteiger partial charge in [0.15, 0.2) is 0 Å². The molecule has 0 fully saturated rings. The number of aliphatic carboxylic acids is 1. The minimum absolute atomic E-state index is 0.0501. The Bertz CT molecular complexity index is 492. The summed E-state index contributed by atoms with van der Waals surface area (Å²) in [5.41, 5.74) is 2.04. The van der Waals surface area contributed by atoms with Crippen LogP contribution in [0.3, 0.4) is 0 Å². The lowest BCUT2D eigenvalue weighted by molar-refractivity contribution is -0.137. The zero-order chi connectivity index (χ0) is 14.7. The summed E-state index contributed by atoms with van der Waals surface area (Å²) in [6.45, 7) is 7.58. The van der Waals surface area contributed by atoms with Crippen LogP contribution in [0.2, 0.25) is 0 Å². The second kappa shape index (κ2) is 5.86. The third kappa shape index (κ3) is 3.33. The standard InChI is InChI=1S/C13H21N3O3/c1-8(2)16(7-6-11(17)18)13(19)12-9(3)14-15(5)10(12)4/h8H,6-7H2,1-5H3,(H,17,18). The van der Waals surface area contributed by atoms with Gasteiger partial charge in [-0.1, -0.05) is 0 Å². The number of rotatable bonds is 5. The summed E-state index contributed by atoms with van der Waals surface area (Å²) >= 11 is 0. The molecule has 0 atom stereocenters. The van der Waals surface area contributed by atoms with Crippen LogP contribution in [0.25, 0.3) is 0 Å². The third-order valence-corrected chi connectivity index (χ3v) is 3.17. The number of nitrogens with zero attached hydrogens (tertiary/aromatic N) is 3. The van der Waals surface area contributed by atoms with Gasteiger partial charge in [0.05, 0.1) is 17.7 Å². The van der Waals surface area contributed by atoms with E-state index in [0.717, 1.165) is 5.69 Å². The summed E-state index contributed by atoms with van der Waals surface area (Å²) in [7, 11) is 1.79. The predicted molar refractivity (Wildman–Crippen MR) is 71.1 cm³/mol. The number of carbonyl (C=O) groups is 2. The van der Waals surface area contributed by atoms with Crippen LogP contribution in [0, 0.1) is 13.8 Å². The number of hydrogen-bond donors (Lipinski definition) is 1. The molecule has 6 nitrogen and oxygen atoms in total. The topological polar surface area (TPSA) is 75.4 Å². The Hall–Kier alpha value is -1.85. The molecule has 0 aliphatic rings. The van der Waals surface area contributed by atoms with Gasteiger partial charge in [-0.2, -0.15) is 5.10 Å². The lowest BCUT2D eigenvalue weighted by Crippen LogP contribution is -2.39. The molecule has 0 spiro atoms. The third-order valence-electron chi connectivity index (χ3n) is 3.17. The number of amides is 1. The summed E-state index contributed by atoms with van der Waals surface area (Å²) < 4.78 is 1.66. The van der Waals surface area contributed by atoms with Crippen LogP contribution in [0.4, 0.5) is 0 Å². The smallest absolute Gasteiger partial charge is 0.305 e. The average Bonchev–Trinajstić information content (AvgIpc) is 2.52. The maximum atomic E-state index is 12.5. The summed E-state index contributed by atoms with van der Waals surface area (Å²) in [6, 6.07) is -0.0501. The molecule has 0 aliphatic heterocycles. The Morgan fingerprint density at radius 2 is 1.95 bits per heavy atom. The van der Waals surface area contributed by atoms with E-state index < -0.39 is 5.97 Å². The van der Waals surface area contributed by atoms with E-state index in [1.165, 1.54) is 0 Å². The highest BCUT2D eigenvalue weighted by Gasteiger charge is 2.25. The number of aryl methyl sites for hydroxylation is 2. The molecule has 0 bridgehead atoms. The normalized spacial score (nSPS) is 10.8. The van der Waals surface area contributed by atoms with Gasteiger partial charge in [-0.15, -0.1) is 0 Å². The molecule has 0 saturated heterocycles. The zero-order valence-electron chi connectivity index (χ0n) is 12.1. The minimum Gasteiger partial charge on any atom is -0.481 e. The molecule has 0 unspecified atom stereocenters. The Balaban J connectivity index is 3.02. The Kier molecular flexibility index (Phi) is 4.69. The lowest BCUT2D eigenvalue weighted by Gasteiger charge is -2.26. The van der Waals surface area contributed by atoms with E-state index >= 15 is 0 Å². The second-order valence-corrected chi connectivity index (χ2v) is 4.91. The SMILES string of the molecule is Cc1nn(C)c(C)c1C(=O)N(CCC(=O)O)C(C)C. The lowest BCUT2D eigenvalue weighted by atomic mass is 10.1. The number of carboxylic acid groups (broad SMARTS) is 1. The van der Waals surface area contributed by atoms with E-state index in [2.05, 4.69) is 5.10 Å². The first-order chi connectivity index (χ1) is 8.75. The van der Waals surface area contributed by atoms with Crippen molar-refractivity contribution in [1.82, 2.24) is 14.7 Å². The number of carbonyl (C=O) groups excluding carboxylic acids is 1. The first-order valence-electron chi connectivity index (χ1n) is 6.28. The van der Waals surface area contributed by atoms with Gasteiger partial charge in [0.25, 0.3) is 5.91 Å². The van der Waals surface area contributed by atoms with Gasteiger partial charge >= 0.3 is 5.97 Å². The molecule has 1 aromatic heterocycles. The van der Waals surface area contributed by atoms with E-state index in [0.29, 0.717) is 11.3 Å². The fourth-order valence-corrected chi connectivity index (χ4v) is 2.04. The van der Waals surface area contributed by atoms with Crippen molar-refractivity contribution in [2.75, 3.05) is 6.54 Å². The van der Waals surface area contributed by atoms with Crippen LogP contribution >= 0.6 is 0 Å². The van der Waals surface area contributed by atoms with Crippen molar-refractivity contribution in [3.05, 3.63) is 17.0 Å². The fourth-order valence-electron chi connectivity index (χ4n) is 2.04. The second-order valence-electron chi connectivity index (χ2n) is 4.91. The van der Waals surface area contributed by atoms with Crippen LogP contribution in [0.5, 0.6) is 0 Å². The monoisotopic (exact) mass is 267 g/mol. The number of aromatic nitrogens is 2. The minimum atomic E-state index is -0.905. The van der Waals surface area contributed by atoms with Crippen LogP contribution in [0.15, 0.2) is 0 Å². The Morgan fingerprint density at radius 1 is 1.37 bits per heavy atom. The molecule has 1 heterocycles. The molecule has 0 aliphatic carbocycles. The van der Waals surface area contributed by atoms with Crippen LogP contribution < -0.4 is 0 Å². The predicted octanol–water partition coefficient (Wildman–Crippen LogP) is 1.36. The van der Waals surface area contributed by atoms with Crippen molar-refractivity contribution in [3.63, 3.8) is 0 Å². The molecule has 1 rings (SSSR count). The molecule has 6 heteroatoms. The molecular weight excluding hydrogens is 246 g/mol. The molecule has 1 aromatic rings. The largest absolute Gasteiger partial charge is 0.481 e. The van der Waals surface area contributed by atoms with Gasteiger partial charge < -0.3 is 10.0 Å². The summed E-state index contributed by atoms with van der Waals surface area (Å²) in [6.07, 6.45) is -0.0533. The van der Waals surface area contributed by atoms with E-state index in [1.807, 2.05) is 20.8 Å². The highest BCUT2D eigenvalue weighted by molar-refractivity contribution is 5.96. The van der Waals surface area contributed by atoms with Crippen LogP contribution in [-0.2, 0) is 11.8 Å². The zero-order valence-corrected chi connectivity index (χ0v) is 12.1. The summed E-state index contributed by atoms with van der Waals surface area (Å²) in [4.78, 5) is 24.8. The maximum Gasteiger partial charge on any atom is 0.305 e. The Labute approximate surface area is 113 Å². The first kappa shape index (κ1) is 15.2. The highest BCUT2D eigenvalue weighted by atomic mass is 16.4. The molecule has 0 aromatic carbocycles. The molecule has 1 amide bonds. The van der Waals surface area contributed by atoms with Crippen molar-refractivity contribution in [2.24, 2.45) is 7.05 Å². The van der Waals surface area contributed by atoms with Gasteiger partial charge in [0.2, 0.25) is 0 Å². The maximum absolute atomic E-state index is 12.5. The summed E-state index contributed by atoms with van der Waals surface area (Å²) in [5.74, 6) is -1.06.